The summed E-state index contributed by atoms with van der Waals surface area (Å²) >= 11 is 0. The molecule has 1 rings (SSSR count). The molecule has 6 nitrogen and oxygen atoms in total. The van der Waals surface area contributed by atoms with Gasteiger partial charge in [0, 0.05) is 19.3 Å². The number of benzene rings is 1. The maximum absolute atomic E-state index is 11.0. The Morgan fingerprint density at radius 3 is 2.18 bits per heavy atom. The average molecular weight is 236 g/mol. The smallest absolute Gasteiger partial charge is 0.423 e. The zero-order valence-corrected chi connectivity index (χ0v) is 9.52. The summed E-state index contributed by atoms with van der Waals surface area (Å²) in [4.78, 5) is 22.0. The molecule has 2 amide bonds. The number of carbonyl (C=O) groups is 2. The van der Waals surface area contributed by atoms with E-state index in [2.05, 4.69) is 10.6 Å². The molecule has 1 aromatic carbocycles. The minimum atomic E-state index is -1.73. The van der Waals surface area contributed by atoms with Gasteiger partial charge in [-0.2, -0.15) is 0 Å². The molecule has 0 heterocycles. The molecule has 0 atom stereocenters. The second kappa shape index (κ2) is 5.47. The van der Waals surface area contributed by atoms with Gasteiger partial charge in [-0.3, -0.25) is 9.59 Å². The van der Waals surface area contributed by atoms with Crippen LogP contribution in [0.25, 0.3) is 0 Å². The van der Waals surface area contributed by atoms with Crippen molar-refractivity contribution in [3.05, 3.63) is 18.2 Å². The van der Waals surface area contributed by atoms with Crippen molar-refractivity contribution in [2.75, 3.05) is 10.6 Å². The highest BCUT2D eigenvalue weighted by Crippen LogP contribution is 2.19. The Morgan fingerprint density at radius 1 is 1.12 bits per heavy atom. The van der Waals surface area contributed by atoms with E-state index < -0.39 is 7.12 Å². The largest absolute Gasteiger partial charge is 0.490 e. The van der Waals surface area contributed by atoms with E-state index in [4.69, 9.17) is 10.0 Å². The van der Waals surface area contributed by atoms with Crippen molar-refractivity contribution < 1.29 is 19.6 Å². The third kappa shape index (κ3) is 3.58. The Labute approximate surface area is 98.8 Å². The standard InChI is InChI=1S/C10H13BN2O4/c1-6(14)12-9-5-3-4-8(11(16)17)10(9)13-7(2)15/h3-5,16-17H,1-2H3,(H,12,14)(H,13,15). The molecule has 0 radical (unpaired) electrons. The van der Waals surface area contributed by atoms with E-state index in [9.17, 15) is 9.59 Å². The molecule has 1 aromatic rings. The summed E-state index contributed by atoms with van der Waals surface area (Å²) in [6, 6.07) is 4.55. The van der Waals surface area contributed by atoms with Crippen LogP contribution in [0.15, 0.2) is 18.2 Å². The van der Waals surface area contributed by atoms with Crippen LogP contribution in [-0.2, 0) is 9.59 Å². The van der Waals surface area contributed by atoms with Crippen LogP contribution in [0.5, 0.6) is 0 Å². The van der Waals surface area contributed by atoms with Crippen LogP contribution in [0.4, 0.5) is 11.4 Å². The molecule has 0 saturated carbocycles. The number of para-hydroxylation sites is 1. The molecule has 0 fully saturated rings. The van der Waals surface area contributed by atoms with Gasteiger partial charge in [0.25, 0.3) is 0 Å². The molecular formula is C10H13BN2O4. The summed E-state index contributed by atoms with van der Waals surface area (Å²) in [6.07, 6.45) is 0. The zero-order valence-electron chi connectivity index (χ0n) is 9.52. The summed E-state index contributed by atoms with van der Waals surface area (Å²) in [5.74, 6) is -0.689. The van der Waals surface area contributed by atoms with Crippen LogP contribution in [0.3, 0.4) is 0 Å². The summed E-state index contributed by atoms with van der Waals surface area (Å²) in [5, 5.41) is 23.3. The third-order valence-corrected chi connectivity index (χ3v) is 1.99. The number of anilines is 2. The first-order chi connectivity index (χ1) is 7.91. The van der Waals surface area contributed by atoms with E-state index in [0.717, 1.165) is 0 Å². The Balaban J connectivity index is 3.23. The number of amides is 2. The maximum Gasteiger partial charge on any atom is 0.490 e. The number of carbonyl (C=O) groups excluding carboxylic acids is 2. The van der Waals surface area contributed by atoms with Crippen molar-refractivity contribution in [1.82, 2.24) is 0 Å². The van der Waals surface area contributed by atoms with Crippen LogP contribution in [0.1, 0.15) is 13.8 Å². The van der Waals surface area contributed by atoms with Gasteiger partial charge in [0.15, 0.2) is 0 Å². The molecule has 0 saturated heterocycles. The Kier molecular flexibility index (Phi) is 4.25. The lowest BCUT2D eigenvalue weighted by atomic mass is 9.78. The van der Waals surface area contributed by atoms with Crippen LogP contribution >= 0.6 is 0 Å². The van der Waals surface area contributed by atoms with Crippen LogP contribution < -0.4 is 16.1 Å². The van der Waals surface area contributed by atoms with E-state index in [0.29, 0.717) is 5.69 Å². The summed E-state index contributed by atoms with van der Waals surface area (Å²) < 4.78 is 0. The monoisotopic (exact) mass is 236 g/mol. The van der Waals surface area contributed by atoms with Crippen molar-refractivity contribution in [2.24, 2.45) is 0 Å². The van der Waals surface area contributed by atoms with Gasteiger partial charge in [0.05, 0.1) is 11.4 Å². The zero-order chi connectivity index (χ0) is 13.0. The van der Waals surface area contributed by atoms with Gasteiger partial charge in [-0.25, -0.2) is 0 Å². The van der Waals surface area contributed by atoms with E-state index in [1.807, 2.05) is 0 Å². The Bertz CT molecular complexity index is 448. The SMILES string of the molecule is CC(=O)Nc1cccc(B(O)O)c1NC(C)=O. The van der Waals surface area contributed by atoms with Gasteiger partial charge in [0.2, 0.25) is 11.8 Å². The predicted molar refractivity (Wildman–Crippen MR) is 64.9 cm³/mol. The van der Waals surface area contributed by atoms with Gasteiger partial charge >= 0.3 is 7.12 Å². The lowest BCUT2D eigenvalue weighted by molar-refractivity contribution is -0.115. The normalized spacial score (nSPS) is 9.65. The first kappa shape index (κ1) is 13.2. The second-order valence-electron chi connectivity index (χ2n) is 3.51. The second-order valence-corrected chi connectivity index (χ2v) is 3.51. The molecule has 0 aromatic heterocycles. The van der Waals surface area contributed by atoms with Crippen LogP contribution in [0, 0.1) is 0 Å². The number of nitrogens with one attached hydrogen (secondary N) is 2. The molecule has 0 aliphatic rings. The molecule has 0 aliphatic carbocycles. The maximum atomic E-state index is 11.0. The van der Waals surface area contributed by atoms with E-state index in [-0.39, 0.29) is 23.0 Å². The summed E-state index contributed by atoms with van der Waals surface area (Å²) in [6.45, 7) is 2.61. The molecule has 0 unspecified atom stereocenters. The summed E-state index contributed by atoms with van der Waals surface area (Å²) in [7, 11) is -1.73. The highest BCUT2D eigenvalue weighted by Gasteiger charge is 2.19. The quantitative estimate of drug-likeness (QED) is 0.520. The first-order valence-corrected chi connectivity index (χ1v) is 4.96. The highest BCUT2D eigenvalue weighted by atomic mass is 16.4. The summed E-state index contributed by atoms with van der Waals surface area (Å²) in [5.41, 5.74) is 0.620. The Hall–Kier alpha value is -1.86. The fourth-order valence-corrected chi connectivity index (χ4v) is 1.39. The van der Waals surface area contributed by atoms with Crippen molar-refractivity contribution in [3.63, 3.8) is 0 Å². The molecule has 7 heteroatoms. The van der Waals surface area contributed by atoms with E-state index in [1.165, 1.54) is 19.9 Å². The molecule has 90 valence electrons. The molecule has 0 spiro atoms. The molecule has 0 aliphatic heterocycles. The van der Waals surface area contributed by atoms with Crippen LogP contribution in [-0.4, -0.2) is 29.0 Å². The number of hydrogen-bond donors (Lipinski definition) is 4. The van der Waals surface area contributed by atoms with E-state index in [1.54, 1.807) is 12.1 Å². The van der Waals surface area contributed by atoms with Gasteiger partial charge in [-0.05, 0) is 6.07 Å². The van der Waals surface area contributed by atoms with Crippen molar-refractivity contribution in [1.29, 1.82) is 0 Å². The fourth-order valence-electron chi connectivity index (χ4n) is 1.39. The predicted octanol–water partition coefficient (Wildman–Crippen LogP) is -0.717. The lowest BCUT2D eigenvalue weighted by Crippen LogP contribution is -2.34. The average Bonchev–Trinajstić information content (AvgIpc) is 2.18. The minimum Gasteiger partial charge on any atom is -0.423 e. The number of rotatable bonds is 3. The van der Waals surface area contributed by atoms with Gasteiger partial charge in [0.1, 0.15) is 0 Å². The van der Waals surface area contributed by atoms with Crippen molar-refractivity contribution >= 4 is 35.8 Å². The van der Waals surface area contributed by atoms with Gasteiger partial charge < -0.3 is 20.7 Å². The van der Waals surface area contributed by atoms with Gasteiger partial charge in [-0.15, -0.1) is 0 Å². The molecule has 4 N–H and O–H groups in total. The van der Waals surface area contributed by atoms with Gasteiger partial charge in [-0.1, -0.05) is 12.1 Å². The van der Waals surface area contributed by atoms with E-state index >= 15 is 0 Å². The number of hydrogen-bond acceptors (Lipinski definition) is 4. The van der Waals surface area contributed by atoms with Crippen molar-refractivity contribution in [3.8, 4) is 0 Å². The molecule has 0 bridgehead atoms. The minimum absolute atomic E-state index is 0.117. The first-order valence-electron chi connectivity index (χ1n) is 4.96. The Morgan fingerprint density at radius 2 is 1.71 bits per heavy atom. The van der Waals surface area contributed by atoms with Crippen molar-refractivity contribution in [2.45, 2.75) is 13.8 Å². The lowest BCUT2D eigenvalue weighted by Gasteiger charge is -2.14. The topological polar surface area (TPSA) is 98.7 Å². The third-order valence-electron chi connectivity index (χ3n) is 1.99. The fraction of sp³-hybridized carbons (Fsp3) is 0.200. The van der Waals surface area contributed by atoms with Crippen LogP contribution in [0.2, 0.25) is 0 Å². The molecular weight excluding hydrogens is 223 g/mol. The highest BCUT2D eigenvalue weighted by molar-refractivity contribution is 6.61. The molecule has 17 heavy (non-hydrogen) atoms.